The zero-order chi connectivity index (χ0) is 21.4. The summed E-state index contributed by atoms with van der Waals surface area (Å²) in [5, 5.41) is 0. The Bertz CT molecular complexity index is 1270. The molecule has 2 aromatic heterocycles. The van der Waals surface area contributed by atoms with Crippen LogP contribution in [0, 0.1) is 0 Å². The van der Waals surface area contributed by atoms with Crippen LogP contribution in [0.4, 0.5) is 0 Å². The molecule has 1 aromatic carbocycles. The van der Waals surface area contributed by atoms with Crippen LogP contribution < -0.4 is 31.6 Å². The van der Waals surface area contributed by atoms with Gasteiger partial charge in [0.1, 0.15) is 13.2 Å². The Kier molecular flexibility index (Phi) is 4.74. The molecule has 2 amide bonds. The first-order valence-corrected chi connectivity index (χ1v) is 8.95. The number of para-hydroxylation sites is 2. The fourth-order valence-corrected chi connectivity index (χ4v) is 3.07. The van der Waals surface area contributed by atoms with Crippen molar-refractivity contribution >= 4 is 23.0 Å². The fraction of sp³-hybridized carbons (Fsp3) is 0.278. The van der Waals surface area contributed by atoms with Crippen molar-refractivity contribution in [1.82, 2.24) is 29.5 Å². The predicted molar refractivity (Wildman–Crippen MR) is 103 cm³/mol. The number of carbonyl (C=O) groups is 2. The summed E-state index contributed by atoms with van der Waals surface area (Å²) in [7, 11) is 2.82. The van der Waals surface area contributed by atoms with Crippen molar-refractivity contribution in [3.63, 3.8) is 0 Å². The molecule has 2 N–H and O–H groups in total. The van der Waals surface area contributed by atoms with Gasteiger partial charge in [-0.2, -0.15) is 0 Å². The summed E-state index contributed by atoms with van der Waals surface area (Å²) in [6.45, 7) is -0.302. The van der Waals surface area contributed by atoms with Gasteiger partial charge < -0.3 is 14.0 Å². The van der Waals surface area contributed by atoms with Gasteiger partial charge in [-0.1, -0.05) is 12.1 Å². The van der Waals surface area contributed by atoms with E-state index in [4.69, 9.17) is 9.47 Å². The summed E-state index contributed by atoms with van der Waals surface area (Å²) in [6, 6.07) is 6.93. The van der Waals surface area contributed by atoms with Crippen molar-refractivity contribution in [2.24, 2.45) is 14.1 Å². The van der Waals surface area contributed by atoms with Crippen molar-refractivity contribution in [3.05, 3.63) is 51.4 Å². The second-order valence-electron chi connectivity index (χ2n) is 6.65. The van der Waals surface area contributed by atoms with E-state index in [1.54, 1.807) is 24.3 Å². The van der Waals surface area contributed by atoms with E-state index in [1.165, 1.54) is 29.6 Å². The molecular formula is C18H18N6O6. The molecule has 0 spiro atoms. The molecule has 3 aromatic rings. The van der Waals surface area contributed by atoms with Crippen LogP contribution in [0.1, 0.15) is 0 Å². The number of carbonyl (C=O) groups excluding carboxylic acids is 2. The van der Waals surface area contributed by atoms with E-state index in [0.717, 1.165) is 4.57 Å². The van der Waals surface area contributed by atoms with Crippen LogP contribution in [0.25, 0.3) is 11.2 Å². The van der Waals surface area contributed by atoms with Crippen molar-refractivity contribution in [2.45, 2.75) is 12.6 Å². The molecule has 4 rings (SSSR count). The molecule has 3 heterocycles. The summed E-state index contributed by atoms with van der Waals surface area (Å²) in [5.41, 5.74) is 3.70. The molecule has 1 aliphatic rings. The number of nitrogens with one attached hydrogen (secondary N) is 2. The normalized spacial score (nSPS) is 15.1. The molecule has 1 aliphatic heterocycles. The molecule has 0 bridgehead atoms. The van der Waals surface area contributed by atoms with Gasteiger partial charge in [-0.25, -0.2) is 9.78 Å². The molecule has 0 aliphatic carbocycles. The lowest BCUT2D eigenvalue weighted by atomic mass is 10.2. The lowest BCUT2D eigenvalue weighted by Crippen LogP contribution is -2.51. The third kappa shape index (κ3) is 3.27. The average Bonchev–Trinajstić information content (AvgIpc) is 3.17. The summed E-state index contributed by atoms with van der Waals surface area (Å²) < 4.78 is 14.5. The Morgan fingerprint density at radius 2 is 1.87 bits per heavy atom. The SMILES string of the molecule is Cn1c(=O)c2c(ncn2CC(=O)NNC(=O)C2COc3ccccc3O2)n(C)c1=O. The summed E-state index contributed by atoms with van der Waals surface area (Å²) in [5.74, 6) is -0.225. The number of nitrogens with zero attached hydrogens (tertiary/aromatic N) is 4. The van der Waals surface area contributed by atoms with Crippen molar-refractivity contribution in [3.8, 4) is 11.5 Å². The first-order valence-electron chi connectivity index (χ1n) is 8.95. The van der Waals surface area contributed by atoms with Gasteiger partial charge in [0.05, 0.1) is 6.33 Å². The van der Waals surface area contributed by atoms with Gasteiger partial charge >= 0.3 is 5.69 Å². The number of aromatic nitrogens is 4. The van der Waals surface area contributed by atoms with Crippen molar-refractivity contribution < 1.29 is 19.1 Å². The number of hydrogen-bond donors (Lipinski definition) is 2. The van der Waals surface area contributed by atoms with Crippen LogP contribution in [0.3, 0.4) is 0 Å². The molecule has 1 atom stereocenters. The van der Waals surface area contributed by atoms with Gasteiger partial charge in [0.2, 0.25) is 6.10 Å². The predicted octanol–water partition coefficient (Wildman–Crippen LogP) is -1.58. The number of aryl methyl sites for hydroxylation is 1. The minimum atomic E-state index is -0.934. The second-order valence-corrected chi connectivity index (χ2v) is 6.65. The zero-order valence-corrected chi connectivity index (χ0v) is 16.1. The fourth-order valence-electron chi connectivity index (χ4n) is 3.07. The number of rotatable bonds is 3. The molecule has 0 saturated carbocycles. The van der Waals surface area contributed by atoms with Gasteiger partial charge in [0, 0.05) is 14.1 Å². The quantitative estimate of drug-likeness (QED) is 0.493. The summed E-state index contributed by atoms with van der Waals surface area (Å²) in [4.78, 5) is 52.9. The third-order valence-corrected chi connectivity index (χ3v) is 4.66. The summed E-state index contributed by atoms with van der Waals surface area (Å²) >= 11 is 0. The topological polar surface area (TPSA) is 138 Å². The molecular weight excluding hydrogens is 396 g/mol. The molecule has 1 unspecified atom stereocenters. The zero-order valence-electron chi connectivity index (χ0n) is 16.1. The van der Waals surface area contributed by atoms with Crippen LogP contribution >= 0.6 is 0 Å². The number of benzene rings is 1. The highest BCUT2D eigenvalue weighted by Crippen LogP contribution is 2.30. The number of ether oxygens (including phenoxy) is 2. The van der Waals surface area contributed by atoms with E-state index in [9.17, 15) is 19.2 Å². The average molecular weight is 414 g/mol. The van der Waals surface area contributed by atoms with Gasteiger partial charge in [-0.15, -0.1) is 0 Å². The first-order chi connectivity index (χ1) is 14.4. The van der Waals surface area contributed by atoms with Crippen LogP contribution in [0.2, 0.25) is 0 Å². The van der Waals surface area contributed by atoms with Crippen molar-refractivity contribution in [1.29, 1.82) is 0 Å². The number of hydrogen-bond acceptors (Lipinski definition) is 7. The van der Waals surface area contributed by atoms with E-state index >= 15 is 0 Å². The van der Waals surface area contributed by atoms with Gasteiger partial charge in [-0.05, 0) is 12.1 Å². The van der Waals surface area contributed by atoms with Gasteiger partial charge in [0.25, 0.3) is 17.4 Å². The van der Waals surface area contributed by atoms with Gasteiger partial charge in [-0.3, -0.25) is 34.4 Å². The van der Waals surface area contributed by atoms with Crippen LogP contribution in [0.5, 0.6) is 11.5 Å². The lowest BCUT2D eigenvalue weighted by Gasteiger charge is -2.25. The highest BCUT2D eigenvalue weighted by molar-refractivity contribution is 5.85. The van der Waals surface area contributed by atoms with E-state index in [-0.39, 0.29) is 24.3 Å². The largest absolute Gasteiger partial charge is 0.485 e. The second kappa shape index (κ2) is 7.39. The standard InChI is InChI=1S/C18H18N6O6/c1-22-15-14(17(27)23(2)18(22)28)24(9-19-15)7-13(25)20-21-16(26)12-8-29-10-5-3-4-6-11(10)30-12/h3-6,9,12H,7-8H2,1-2H3,(H,20,25)(H,21,26). The number of amides is 2. The van der Waals surface area contributed by atoms with Gasteiger partial charge in [0.15, 0.2) is 22.7 Å². The Hall–Kier alpha value is -4.09. The molecule has 12 heteroatoms. The number of hydrazine groups is 1. The maximum absolute atomic E-state index is 12.4. The Morgan fingerprint density at radius 3 is 2.63 bits per heavy atom. The molecule has 0 radical (unpaired) electrons. The number of fused-ring (bicyclic) bond motifs is 2. The van der Waals surface area contributed by atoms with E-state index in [0.29, 0.717) is 11.5 Å². The molecule has 12 nitrogen and oxygen atoms in total. The lowest BCUT2D eigenvalue weighted by molar-refractivity contribution is -0.135. The maximum atomic E-state index is 12.4. The molecule has 30 heavy (non-hydrogen) atoms. The summed E-state index contributed by atoms with van der Waals surface area (Å²) in [6.07, 6.45) is 0.346. The smallest absolute Gasteiger partial charge is 0.332 e. The Balaban J connectivity index is 1.42. The number of imidazole rings is 1. The third-order valence-electron chi connectivity index (χ3n) is 4.66. The van der Waals surface area contributed by atoms with Crippen LogP contribution in [-0.4, -0.2) is 43.2 Å². The molecule has 156 valence electrons. The van der Waals surface area contributed by atoms with E-state index in [1.807, 2.05) is 0 Å². The molecule has 0 fully saturated rings. The Morgan fingerprint density at radius 1 is 1.13 bits per heavy atom. The molecule has 0 saturated heterocycles. The van der Waals surface area contributed by atoms with Crippen molar-refractivity contribution in [2.75, 3.05) is 6.61 Å². The maximum Gasteiger partial charge on any atom is 0.332 e. The highest BCUT2D eigenvalue weighted by Gasteiger charge is 2.27. The minimum Gasteiger partial charge on any atom is -0.485 e. The first kappa shape index (κ1) is 19.2. The van der Waals surface area contributed by atoms with Crippen LogP contribution in [-0.2, 0) is 30.2 Å². The highest BCUT2D eigenvalue weighted by atomic mass is 16.6. The van der Waals surface area contributed by atoms with Crippen LogP contribution in [0.15, 0.2) is 40.2 Å². The van der Waals surface area contributed by atoms with E-state index < -0.39 is 29.2 Å². The van der Waals surface area contributed by atoms with E-state index in [2.05, 4.69) is 15.8 Å². The minimum absolute atomic E-state index is 0.00501. The Labute approximate surface area is 168 Å². The monoisotopic (exact) mass is 414 g/mol.